The Labute approximate surface area is 170 Å². The van der Waals surface area contributed by atoms with Gasteiger partial charge in [0, 0.05) is 16.0 Å². The van der Waals surface area contributed by atoms with Crippen molar-refractivity contribution >= 4 is 33.8 Å². The molecule has 0 unspecified atom stereocenters. The molecule has 29 heavy (non-hydrogen) atoms. The minimum Gasteiger partial charge on any atom is -0.733 e. The molecule has 150 valence electrons. The van der Waals surface area contributed by atoms with Gasteiger partial charge in [0.25, 0.3) is 11.8 Å². The fraction of sp³-hybridized carbons (Fsp3) is 0.100. The first-order valence-electron chi connectivity index (χ1n) is 8.47. The third kappa shape index (κ3) is 4.06. The van der Waals surface area contributed by atoms with E-state index in [0.717, 1.165) is 10.4 Å². The van der Waals surface area contributed by atoms with Gasteiger partial charge in [-0.05, 0) is 30.7 Å². The lowest BCUT2D eigenvalue weighted by Crippen LogP contribution is -2.18. The smallest absolute Gasteiger partial charge is 0.256 e. The summed E-state index contributed by atoms with van der Waals surface area (Å²) in [6.07, 6.45) is 0. The normalized spacial score (nSPS) is 10.5. The molecule has 0 spiro atoms. The molecule has 0 radical (unpaired) electrons. The van der Waals surface area contributed by atoms with Gasteiger partial charge in [-0.25, -0.2) is 0 Å². The standard InChI is InChI=1S/C20H18N3O5S/c1-11-16(12-6-4-3-5-7-12)17(18(21)24)20(29-11)22-19(25)13-8-9-15(28-2)14(10-13)23(26)27/h3-10,26H,1-2H3,(H2,21,24)(H,22,25)/q-1. The average molecular weight is 412 g/mol. The number of aryl methyl sites for hydroxylation is 1. The maximum absolute atomic E-state index is 12.7. The number of benzene rings is 2. The Bertz CT molecular complexity index is 1060. The van der Waals surface area contributed by atoms with E-state index in [1.165, 1.54) is 36.6 Å². The lowest BCUT2D eigenvalue weighted by atomic mass is 10.0. The van der Waals surface area contributed by atoms with Crippen LogP contribution < -0.4 is 21.0 Å². The van der Waals surface area contributed by atoms with Crippen LogP contribution in [-0.4, -0.2) is 24.1 Å². The number of primary amides is 1. The van der Waals surface area contributed by atoms with E-state index in [1.807, 2.05) is 37.3 Å². The number of anilines is 2. The van der Waals surface area contributed by atoms with Crippen LogP contribution in [0.3, 0.4) is 0 Å². The number of hydrogen-bond donors (Lipinski definition) is 3. The maximum atomic E-state index is 12.7. The van der Waals surface area contributed by atoms with Gasteiger partial charge in [0.1, 0.15) is 10.8 Å². The molecule has 9 heteroatoms. The van der Waals surface area contributed by atoms with Crippen LogP contribution in [0.4, 0.5) is 10.7 Å². The van der Waals surface area contributed by atoms with Crippen molar-refractivity contribution < 1.29 is 19.5 Å². The number of nitrogens with one attached hydrogen (secondary N) is 1. The zero-order chi connectivity index (χ0) is 21.1. The minimum absolute atomic E-state index is 0.0958. The molecule has 0 fully saturated rings. The van der Waals surface area contributed by atoms with E-state index < -0.39 is 11.8 Å². The largest absolute Gasteiger partial charge is 0.733 e. The van der Waals surface area contributed by atoms with Gasteiger partial charge in [-0.3, -0.25) is 14.8 Å². The molecule has 2 amide bonds. The topological polar surface area (TPSA) is 128 Å². The van der Waals surface area contributed by atoms with E-state index in [1.54, 1.807) is 0 Å². The molecular formula is C20H18N3O5S-. The first-order valence-corrected chi connectivity index (χ1v) is 9.29. The summed E-state index contributed by atoms with van der Waals surface area (Å²) in [4.78, 5) is 25.7. The summed E-state index contributed by atoms with van der Waals surface area (Å²) in [6, 6.07) is 13.3. The van der Waals surface area contributed by atoms with Crippen molar-refractivity contribution in [1.82, 2.24) is 0 Å². The van der Waals surface area contributed by atoms with Crippen molar-refractivity contribution in [2.24, 2.45) is 5.73 Å². The molecular weight excluding hydrogens is 394 g/mol. The molecule has 0 saturated carbocycles. The second-order valence-electron chi connectivity index (χ2n) is 6.08. The van der Waals surface area contributed by atoms with Crippen molar-refractivity contribution in [2.75, 3.05) is 17.7 Å². The van der Waals surface area contributed by atoms with Crippen LogP contribution in [0.2, 0.25) is 0 Å². The van der Waals surface area contributed by atoms with Crippen LogP contribution in [0.25, 0.3) is 11.1 Å². The van der Waals surface area contributed by atoms with Crippen LogP contribution >= 0.6 is 11.3 Å². The van der Waals surface area contributed by atoms with Gasteiger partial charge in [0.05, 0.1) is 18.4 Å². The summed E-state index contributed by atoms with van der Waals surface area (Å²) < 4.78 is 4.99. The SMILES string of the molecule is COc1ccc(C(=O)Nc2sc(C)c(-c3ccccc3)c2C(N)=O)cc1N([O-])O. The summed E-state index contributed by atoms with van der Waals surface area (Å²) >= 11 is 1.23. The number of carbonyl (C=O) groups is 2. The third-order valence-corrected chi connectivity index (χ3v) is 5.29. The molecule has 0 atom stereocenters. The van der Waals surface area contributed by atoms with E-state index in [-0.39, 0.29) is 27.8 Å². The number of nitrogens with zero attached hydrogens (tertiary/aromatic N) is 1. The second-order valence-corrected chi connectivity index (χ2v) is 7.31. The molecule has 1 aromatic heterocycles. The molecule has 0 bridgehead atoms. The Kier molecular flexibility index (Phi) is 5.83. The van der Waals surface area contributed by atoms with Crippen molar-refractivity contribution in [3.05, 3.63) is 69.7 Å². The molecule has 0 aliphatic carbocycles. The number of amides is 2. The molecule has 4 N–H and O–H groups in total. The number of rotatable bonds is 6. The molecule has 8 nitrogen and oxygen atoms in total. The Morgan fingerprint density at radius 3 is 2.48 bits per heavy atom. The number of hydrogen-bond acceptors (Lipinski definition) is 7. The van der Waals surface area contributed by atoms with Gasteiger partial charge in [-0.15, -0.1) is 11.3 Å². The molecule has 0 aliphatic rings. The number of thiophene rings is 1. The van der Waals surface area contributed by atoms with Crippen LogP contribution in [0.5, 0.6) is 5.75 Å². The molecule has 0 aliphatic heterocycles. The Morgan fingerprint density at radius 2 is 1.90 bits per heavy atom. The van der Waals surface area contributed by atoms with Crippen molar-refractivity contribution in [3.63, 3.8) is 0 Å². The van der Waals surface area contributed by atoms with Crippen molar-refractivity contribution in [1.29, 1.82) is 0 Å². The van der Waals surface area contributed by atoms with Crippen LogP contribution in [0, 0.1) is 12.1 Å². The average Bonchev–Trinajstić information content (AvgIpc) is 3.03. The monoisotopic (exact) mass is 412 g/mol. The molecule has 2 aromatic carbocycles. The Balaban J connectivity index is 2.00. The van der Waals surface area contributed by atoms with Crippen LogP contribution in [0.15, 0.2) is 48.5 Å². The van der Waals surface area contributed by atoms with Gasteiger partial charge < -0.3 is 26.2 Å². The first kappa shape index (κ1) is 20.3. The predicted octanol–water partition coefficient (Wildman–Crippen LogP) is 3.78. The van der Waals surface area contributed by atoms with E-state index in [0.29, 0.717) is 10.6 Å². The summed E-state index contributed by atoms with van der Waals surface area (Å²) in [6.45, 7) is 1.83. The summed E-state index contributed by atoms with van der Waals surface area (Å²) in [5.41, 5.74) is 7.16. The fourth-order valence-electron chi connectivity index (χ4n) is 2.98. The zero-order valence-corrected chi connectivity index (χ0v) is 16.4. The summed E-state index contributed by atoms with van der Waals surface area (Å²) in [7, 11) is 1.33. The Hall–Kier alpha value is -3.40. The van der Waals surface area contributed by atoms with E-state index in [9.17, 15) is 20.0 Å². The van der Waals surface area contributed by atoms with Gasteiger partial charge in [0.15, 0.2) is 0 Å². The molecule has 3 aromatic rings. The van der Waals surface area contributed by atoms with Gasteiger partial charge in [0.2, 0.25) is 0 Å². The highest BCUT2D eigenvalue weighted by Gasteiger charge is 2.23. The summed E-state index contributed by atoms with van der Waals surface area (Å²) in [5, 5.41) is 23.1. The van der Waals surface area contributed by atoms with Crippen molar-refractivity contribution in [2.45, 2.75) is 6.92 Å². The number of ether oxygens (including phenoxy) is 1. The van der Waals surface area contributed by atoms with Crippen LogP contribution in [-0.2, 0) is 0 Å². The quantitative estimate of drug-likeness (QED) is 0.529. The van der Waals surface area contributed by atoms with Crippen LogP contribution in [0.1, 0.15) is 25.6 Å². The van der Waals surface area contributed by atoms with Gasteiger partial charge in [-0.2, -0.15) is 0 Å². The highest BCUT2D eigenvalue weighted by atomic mass is 32.1. The minimum atomic E-state index is -0.667. The number of carbonyl (C=O) groups excluding carboxylic acids is 2. The lowest BCUT2D eigenvalue weighted by molar-refractivity contribution is 0.100. The third-order valence-electron chi connectivity index (χ3n) is 4.27. The van der Waals surface area contributed by atoms with Gasteiger partial charge in [-0.1, -0.05) is 30.3 Å². The molecule has 0 saturated heterocycles. The van der Waals surface area contributed by atoms with Gasteiger partial charge >= 0.3 is 0 Å². The predicted molar refractivity (Wildman–Crippen MR) is 112 cm³/mol. The van der Waals surface area contributed by atoms with Crippen molar-refractivity contribution in [3.8, 4) is 16.9 Å². The number of methoxy groups -OCH3 is 1. The highest BCUT2D eigenvalue weighted by Crippen LogP contribution is 2.40. The number of nitrogens with two attached hydrogens (primary N) is 1. The summed E-state index contributed by atoms with van der Waals surface area (Å²) in [5.74, 6) is -1.13. The second kappa shape index (κ2) is 8.31. The first-order chi connectivity index (χ1) is 13.8. The van der Waals surface area contributed by atoms with E-state index >= 15 is 0 Å². The zero-order valence-electron chi connectivity index (χ0n) is 15.6. The Morgan fingerprint density at radius 1 is 1.21 bits per heavy atom. The highest BCUT2D eigenvalue weighted by molar-refractivity contribution is 7.17. The fourth-order valence-corrected chi connectivity index (χ4v) is 4.05. The molecule has 3 rings (SSSR count). The maximum Gasteiger partial charge on any atom is 0.256 e. The van der Waals surface area contributed by atoms with E-state index in [4.69, 9.17) is 10.5 Å². The van der Waals surface area contributed by atoms with E-state index in [2.05, 4.69) is 5.32 Å². The lowest BCUT2D eigenvalue weighted by Gasteiger charge is -2.24. The molecule has 1 heterocycles.